The van der Waals surface area contributed by atoms with Crippen molar-refractivity contribution < 1.29 is 27.4 Å². The van der Waals surface area contributed by atoms with Gasteiger partial charge in [0.15, 0.2) is 23.4 Å². The third-order valence-corrected chi connectivity index (χ3v) is 3.59. The second kappa shape index (κ2) is 17.1. The Bertz CT molecular complexity index is 666. The molecule has 0 atom stereocenters. The summed E-state index contributed by atoms with van der Waals surface area (Å²) >= 11 is 0. The van der Waals surface area contributed by atoms with Gasteiger partial charge in [0.05, 0.1) is 25.5 Å². The lowest BCUT2D eigenvalue weighted by Crippen LogP contribution is -2.39. The highest BCUT2D eigenvalue weighted by atomic mass is 127. The Morgan fingerprint density at radius 1 is 1.00 bits per heavy atom. The summed E-state index contributed by atoms with van der Waals surface area (Å²) in [4.78, 5) is 16.0. The van der Waals surface area contributed by atoms with Gasteiger partial charge in [0.2, 0.25) is 5.91 Å². The van der Waals surface area contributed by atoms with Gasteiger partial charge in [-0.15, -0.1) is 24.0 Å². The molecule has 0 saturated carbocycles. The largest absolute Gasteiger partial charge is 0.379 e. The zero-order chi connectivity index (χ0) is 21.5. The van der Waals surface area contributed by atoms with Gasteiger partial charge < -0.3 is 25.4 Å². The minimum atomic E-state index is -1.64. The molecule has 0 aliphatic carbocycles. The van der Waals surface area contributed by atoms with Crippen LogP contribution in [0.3, 0.4) is 0 Å². The molecule has 11 heteroatoms. The van der Waals surface area contributed by atoms with Gasteiger partial charge in [-0.1, -0.05) is 13.3 Å². The van der Waals surface area contributed by atoms with E-state index in [-0.39, 0.29) is 30.5 Å². The summed E-state index contributed by atoms with van der Waals surface area (Å²) in [6.45, 7) is 6.82. The Kier molecular flexibility index (Phi) is 16.2. The Balaban J connectivity index is 0.00000841. The van der Waals surface area contributed by atoms with Crippen molar-refractivity contribution in [1.82, 2.24) is 10.6 Å². The summed E-state index contributed by atoms with van der Waals surface area (Å²) in [5, 5.41) is 8.10. The number of hydrogen-bond acceptors (Lipinski definition) is 4. The van der Waals surface area contributed by atoms with Gasteiger partial charge in [-0.05, 0) is 25.5 Å². The SMILES string of the molecule is CCCCOCCOCCNC(=NCC(=O)Nc1ccc(F)c(F)c1F)NCC.I. The number of aliphatic imine (C=N–C) groups is 1. The maximum Gasteiger partial charge on any atom is 0.246 e. The minimum absolute atomic E-state index is 0. The van der Waals surface area contributed by atoms with Crippen LogP contribution in [0.15, 0.2) is 17.1 Å². The van der Waals surface area contributed by atoms with Crippen molar-refractivity contribution in [2.75, 3.05) is 51.4 Å². The standard InChI is InChI=1S/C19H29F3N4O3.HI/c1-3-5-9-28-11-12-29-10-8-24-19(23-4-2)25-13-16(27)26-15-7-6-14(20)17(21)18(15)22;/h6-7H,3-5,8-13H2,1-2H3,(H,26,27)(H2,23,24,25);1H. The lowest BCUT2D eigenvalue weighted by molar-refractivity contribution is -0.114. The molecule has 1 rings (SSSR count). The summed E-state index contributed by atoms with van der Waals surface area (Å²) in [7, 11) is 0. The molecule has 1 aromatic rings. The molecule has 0 aliphatic heterocycles. The Hall–Kier alpha value is -1.60. The van der Waals surface area contributed by atoms with E-state index in [9.17, 15) is 18.0 Å². The maximum atomic E-state index is 13.6. The first-order valence-electron chi connectivity index (χ1n) is 9.60. The molecule has 0 aliphatic rings. The third-order valence-electron chi connectivity index (χ3n) is 3.59. The van der Waals surface area contributed by atoms with E-state index in [2.05, 4.69) is 27.9 Å². The van der Waals surface area contributed by atoms with Crippen molar-refractivity contribution in [2.45, 2.75) is 26.7 Å². The molecule has 3 N–H and O–H groups in total. The molecule has 0 unspecified atom stereocenters. The number of anilines is 1. The number of nitrogens with zero attached hydrogens (tertiary/aromatic N) is 1. The molecular weight excluding hydrogens is 516 g/mol. The fraction of sp³-hybridized carbons (Fsp3) is 0.579. The highest BCUT2D eigenvalue weighted by molar-refractivity contribution is 14.0. The van der Waals surface area contributed by atoms with Crippen LogP contribution in [0.2, 0.25) is 0 Å². The molecule has 0 radical (unpaired) electrons. The van der Waals surface area contributed by atoms with Crippen LogP contribution in [-0.2, 0) is 14.3 Å². The monoisotopic (exact) mass is 546 g/mol. The van der Waals surface area contributed by atoms with Crippen LogP contribution in [0.25, 0.3) is 0 Å². The predicted molar refractivity (Wildman–Crippen MR) is 121 cm³/mol. The van der Waals surface area contributed by atoms with Crippen LogP contribution >= 0.6 is 24.0 Å². The number of hydrogen-bond donors (Lipinski definition) is 3. The molecule has 0 bridgehead atoms. The summed E-state index contributed by atoms with van der Waals surface area (Å²) in [5.41, 5.74) is -0.448. The van der Waals surface area contributed by atoms with E-state index >= 15 is 0 Å². The summed E-state index contributed by atoms with van der Waals surface area (Å²) < 4.78 is 50.5. The molecule has 0 spiro atoms. The van der Waals surface area contributed by atoms with Gasteiger partial charge >= 0.3 is 0 Å². The van der Waals surface area contributed by atoms with Crippen molar-refractivity contribution in [3.8, 4) is 0 Å². The molecule has 0 heterocycles. The summed E-state index contributed by atoms with van der Waals surface area (Å²) in [5.74, 6) is -4.73. The minimum Gasteiger partial charge on any atom is -0.379 e. The fourth-order valence-electron chi connectivity index (χ4n) is 2.11. The van der Waals surface area contributed by atoms with E-state index in [1.165, 1.54) is 0 Å². The van der Waals surface area contributed by atoms with Crippen LogP contribution in [-0.4, -0.2) is 57.9 Å². The number of guanidine groups is 1. The maximum absolute atomic E-state index is 13.6. The van der Waals surface area contributed by atoms with Gasteiger partial charge in [-0.25, -0.2) is 18.2 Å². The zero-order valence-corrected chi connectivity index (χ0v) is 19.6. The highest BCUT2D eigenvalue weighted by Gasteiger charge is 2.15. The predicted octanol–water partition coefficient (Wildman–Crippen LogP) is 3.05. The first-order chi connectivity index (χ1) is 14.0. The summed E-state index contributed by atoms with van der Waals surface area (Å²) in [6.07, 6.45) is 2.12. The van der Waals surface area contributed by atoms with Gasteiger partial charge in [0.25, 0.3) is 0 Å². The number of nitrogens with one attached hydrogen (secondary N) is 3. The fourth-order valence-corrected chi connectivity index (χ4v) is 2.11. The van der Waals surface area contributed by atoms with Crippen LogP contribution < -0.4 is 16.0 Å². The number of unbranched alkanes of at least 4 members (excludes halogenated alkanes) is 1. The molecule has 1 aromatic carbocycles. The zero-order valence-electron chi connectivity index (χ0n) is 17.2. The number of benzene rings is 1. The Labute approximate surface area is 192 Å². The Morgan fingerprint density at radius 3 is 2.37 bits per heavy atom. The van der Waals surface area contributed by atoms with Crippen molar-refractivity contribution in [1.29, 1.82) is 0 Å². The third kappa shape index (κ3) is 11.6. The van der Waals surface area contributed by atoms with Gasteiger partial charge in [0.1, 0.15) is 6.54 Å². The van der Waals surface area contributed by atoms with Crippen molar-refractivity contribution in [3.05, 3.63) is 29.6 Å². The number of rotatable bonds is 13. The summed E-state index contributed by atoms with van der Waals surface area (Å²) in [6, 6.07) is 1.68. The van der Waals surface area contributed by atoms with E-state index in [1.807, 2.05) is 6.92 Å². The quantitative estimate of drug-likeness (QED) is 0.117. The van der Waals surface area contributed by atoms with E-state index in [4.69, 9.17) is 9.47 Å². The van der Waals surface area contributed by atoms with E-state index < -0.39 is 29.0 Å². The lowest BCUT2D eigenvalue weighted by atomic mass is 10.3. The Morgan fingerprint density at radius 2 is 1.70 bits per heavy atom. The number of carbonyl (C=O) groups is 1. The average Bonchev–Trinajstić information content (AvgIpc) is 2.71. The van der Waals surface area contributed by atoms with Crippen LogP contribution in [0.5, 0.6) is 0 Å². The van der Waals surface area contributed by atoms with Crippen molar-refractivity contribution >= 4 is 41.5 Å². The molecule has 0 fully saturated rings. The molecule has 172 valence electrons. The van der Waals surface area contributed by atoms with Crippen molar-refractivity contribution in [2.24, 2.45) is 4.99 Å². The molecule has 0 saturated heterocycles. The number of amides is 1. The van der Waals surface area contributed by atoms with Crippen LogP contribution in [0.4, 0.5) is 18.9 Å². The van der Waals surface area contributed by atoms with Crippen molar-refractivity contribution in [3.63, 3.8) is 0 Å². The first kappa shape index (κ1) is 28.4. The van der Waals surface area contributed by atoms with Crippen LogP contribution in [0, 0.1) is 17.5 Å². The molecule has 0 aromatic heterocycles. The lowest BCUT2D eigenvalue weighted by Gasteiger charge is -2.12. The van der Waals surface area contributed by atoms with Gasteiger partial charge in [-0.2, -0.15) is 0 Å². The number of carbonyl (C=O) groups excluding carboxylic acids is 1. The van der Waals surface area contributed by atoms with Gasteiger partial charge in [0, 0.05) is 19.7 Å². The van der Waals surface area contributed by atoms with E-state index in [0.717, 1.165) is 31.6 Å². The second-order valence-electron chi connectivity index (χ2n) is 5.97. The van der Waals surface area contributed by atoms with E-state index in [0.29, 0.717) is 38.9 Å². The molecular formula is C19H30F3IN4O3. The number of halogens is 4. The second-order valence-corrected chi connectivity index (χ2v) is 5.97. The van der Waals surface area contributed by atoms with Gasteiger partial charge in [-0.3, -0.25) is 4.79 Å². The molecule has 7 nitrogen and oxygen atoms in total. The smallest absolute Gasteiger partial charge is 0.246 e. The molecule has 1 amide bonds. The number of ether oxygens (including phenoxy) is 2. The normalized spacial score (nSPS) is 11.0. The van der Waals surface area contributed by atoms with Crippen LogP contribution in [0.1, 0.15) is 26.7 Å². The first-order valence-corrected chi connectivity index (χ1v) is 9.60. The average molecular weight is 546 g/mol. The highest BCUT2D eigenvalue weighted by Crippen LogP contribution is 2.19. The topological polar surface area (TPSA) is 84.0 Å². The molecule has 30 heavy (non-hydrogen) atoms. The van der Waals surface area contributed by atoms with E-state index in [1.54, 1.807) is 0 Å².